The van der Waals surface area contributed by atoms with Crippen LogP contribution >= 0.6 is 0 Å². The maximum absolute atomic E-state index is 6.47. The number of hydrogen-bond donors (Lipinski definition) is 0. The van der Waals surface area contributed by atoms with Crippen molar-refractivity contribution in [2.75, 3.05) is 0 Å². The van der Waals surface area contributed by atoms with Gasteiger partial charge in [-0.15, -0.1) is 0 Å². The van der Waals surface area contributed by atoms with Crippen LogP contribution in [0.1, 0.15) is 92.1 Å². The average Bonchev–Trinajstić information content (AvgIpc) is 2.57. The summed E-state index contributed by atoms with van der Waals surface area (Å²) in [7, 11) is 0. The quantitative estimate of drug-likeness (QED) is 0.280. The van der Waals surface area contributed by atoms with Crippen molar-refractivity contribution in [2.45, 2.75) is 104 Å². The molecular weight excluding hydrogens is 308 g/mol. The van der Waals surface area contributed by atoms with Gasteiger partial charge >= 0.3 is 0 Å². The predicted molar refractivity (Wildman–Crippen MR) is 108 cm³/mol. The van der Waals surface area contributed by atoms with Crippen LogP contribution in [0.4, 0.5) is 0 Å². The maximum Gasteiger partial charge on any atom is 0.197 e. The van der Waals surface area contributed by atoms with Gasteiger partial charge in [0.15, 0.2) is 5.79 Å². The van der Waals surface area contributed by atoms with Crippen molar-refractivity contribution in [2.24, 2.45) is 5.92 Å². The molecule has 1 rings (SSSR count). The van der Waals surface area contributed by atoms with E-state index in [0.29, 0.717) is 5.92 Å². The van der Waals surface area contributed by atoms with Gasteiger partial charge in [-0.3, -0.25) is 0 Å². The summed E-state index contributed by atoms with van der Waals surface area (Å²) in [6, 6.07) is 10.5. The highest BCUT2D eigenvalue weighted by molar-refractivity contribution is 5.21. The molecule has 1 aromatic rings. The van der Waals surface area contributed by atoms with Gasteiger partial charge in [-0.1, -0.05) is 82.7 Å². The summed E-state index contributed by atoms with van der Waals surface area (Å²) in [6.45, 7) is 12.9. The van der Waals surface area contributed by atoms with Gasteiger partial charge in [0.25, 0.3) is 0 Å². The van der Waals surface area contributed by atoms with Crippen molar-refractivity contribution in [3.8, 4) is 0 Å². The minimum atomic E-state index is -0.660. The molecule has 0 bridgehead atoms. The molecule has 0 aliphatic heterocycles. The Morgan fingerprint density at radius 3 is 1.80 bits per heavy atom. The molecule has 0 aliphatic carbocycles. The molecule has 25 heavy (non-hydrogen) atoms. The summed E-state index contributed by atoms with van der Waals surface area (Å²) in [5.41, 5.74) is 1.14. The largest absolute Gasteiger partial charge is 0.343 e. The highest BCUT2D eigenvalue weighted by atomic mass is 16.7. The molecule has 0 fully saturated rings. The fourth-order valence-electron chi connectivity index (χ4n) is 3.47. The first-order valence-electron chi connectivity index (χ1n) is 10.3. The van der Waals surface area contributed by atoms with Crippen molar-refractivity contribution in [1.82, 2.24) is 0 Å². The van der Waals surface area contributed by atoms with Crippen molar-refractivity contribution >= 4 is 0 Å². The van der Waals surface area contributed by atoms with E-state index in [4.69, 9.17) is 9.47 Å². The summed E-state index contributed by atoms with van der Waals surface area (Å²) in [6.07, 6.45) is 9.27. The molecule has 1 aromatic carbocycles. The Labute approximate surface area is 156 Å². The molecule has 2 heteroatoms. The van der Waals surface area contributed by atoms with Gasteiger partial charge in [0.05, 0.1) is 12.2 Å². The zero-order valence-corrected chi connectivity index (χ0v) is 17.4. The van der Waals surface area contributed by atoms with Gasteiger partial charge in [-0.05, 0) is 34.1 Å². The second-order valence-corrected chi connectivity index (χ2v) is 7.82. The van der Waals surface area contributed by atoms with Crippen LogP contribution in [0.15, 0.2) is 30.3 Å². The Bertz CT molecular complexity index is 429. The lowest BCUT2D eigenvalue weighted by Gasteiger charge is -2.42. The molecule has 0 radical (unpaired) electrons. The Balaban J connectivity index is 2.87. The first-order valence-corrected chi connectivity index (χ1v) is 10.3. The zero-order chi connectivity index (χ0) is 18.7. The first kappa shape index (κ1) is 22.2. The van der Waals surface area contributed by atoms with Crippen LogP contribution in [0.25, 0.3) is 0 Å². The fraction of sp³-hybridized carbons (Fsp3) is 0.739. The van der Waals surface area contributed by atoms with E-state index in [-0.39, 0.29) is 12.2 Å². The van der Waals surface area contributed by atoms with Crippen LogP contribution in [-0.2, 0) is 15.3 Å². The second-order valence-electron chi connectivity index (χ2n) is 7.82. The number of benzene rings is 1. The van der Waals surface area contributed by atoms with Crippen LogP contribution in [0, 0.1) is 5.92 Å². The summed E-state index contributed by atoms with van der Waals surface area (Å²) in [5.74, 6) is -0.349. The molecule has 0 N–H and O–H groups in total. The van der Waals surface area contributed by atoms with Crippen LogP contribution < -0.4 is 0 Å². The minimum absolute atomic E-state index is 0.117. The summed E-state index contributed by atoms with van der Waals surface area (Å²) >= 11 is 0. The van der Waals surface area contributed by atoms with Crippen LogP contribution in [-0.4, -0.2) is 12.2 Å². The number of rotatable bonds is 13. The van der Waals surface area contributed by atoms with Crippen molar-refractivity contribution in [3.05, 3.63) is 35.9 Å². The lowest BCUT2D eigenvalue weighted by Crippen LogP contribution is -2.43. The number of hydrogen-bond acceptors (Lipinski definition) is 2. The van der Waals surface area contributed by atoms with E-state index in [2.05, 4.69) is 71.9 Å². The van der Waals surface area contributed by atoms with Gasteiger partial charge in [-0.2, -0.15) is 0 Å². The lowest BCUT2D eigenvalue weighted by atomic mass is 9.87. The summed E-state index contributed by atoms with van der Waals surface area (Å²) < 4.78 is 12.9. The predicted octanol–water partition coefficient (Wildman–Crippen LogP) is 7.08. The molecule has 144 valence electrons. The van der Waals surface area contributed by atoms with E-state index in [1.165, 1.54) is 38.5 Å². The van der Waals surface area contributed by atoms with E-state index in [0.717, 1.165) is 12.0 Å². The Morgan fingerprint density at radius 2 is 1.28 bits per heavy atom. The van der Waals surface area contributed by atoms with E-state index in [1.807, 2.05) is 0 Å². The van der Waals surface area contributed by atoms with E-state index < -0.39 is 5.79 Å². The molecule has 0 aliphatic rings. The molecule has 1 unspecified atom stereocenters. The number of ether oxygens (including phenoxy) is 2. The van der Waals surface area contributed by atoms with Crippen LogP contribution in [0.5, 0.6) is 0 Å². The molecule has 0 saturated heterocycles. The SMILES string of the molecule is CCCCCCCCC(C)C(OC(C)C)(OC(C)C)c1ccccc1. The van der Waals surface area contributed by atoms with E-state index >= 15 is 0 Å². The average molecular weight is 349 g/mol. The highest BCUT2D eigenvalue weighted by Crippen LogP contribution is 2.40. The molecule has 0 spiro atoms. The van der Waals surface area contributed by atoms with Crippen LogP contribution in [0.2, 0.25) is 0 Å². The normalized spacial score (nSPS) is 13.6. The van der Waals surface area contributed by atoms with Gasteiger partial charge < -0.3 is 9.47 Å². The molecule has 0 amide bonds. The molecule has 2 nitrogen and oxygen atoms in total. The molecule has 0 saturated carbocycles. The smallest absolute Gasteiger partial charge is 0.197 e. The highest BCUT2D eigenvalue weighted by Gasteiger charge is 2.41. The van der Waals surface area contributed by atoms with Gasteiger partial charge in [0, 0.05) is 11.5 Å². The Morgan fingerprint density at radius 1 is 0.760 bits per heavy atom. The van der Waals surface area contributed by atoms with Gasteiger partial charge in [0.2, 0.25) is 0 Å². The van der Waals surface area contributed by atoms with Crippen molar-refractivity contribution < 1.29 is 9.47 Å². The molecule has 1 atom stereocenters. The van der Waals surface area contributed by atoms with E-state index in [9.17, 15) is 0 Å². The molecule has 0 aromatic heterocycles. The maximum atomic E-state index is 6.47. The summed E-state index contributed by atoms with van der Waals surface area (Å²) in [4.78, 5) is 0. The minimum Gasteiger partial charge on any atom is -0.343 e. The number of unbranched alkanes of at least 4 members (excludes halogenated alkanes) is 5. The topological polar surface area (TPSA) is 18.5 Å². The third-order valence-electron chi connectivity index (χ3n) is 4.64. The van der Waals surface area contributed by atoms with Crippen molar-refractivity contribution in [1.29, 1.82) is 0 Å². The fourth-order valence-corrected chi connectivity index (χ4v) is 3.47. The Kier molecular flexibility index (Phi) is 10.4. The standard InChI is InChI=1S/C23H40O2/c1-7-8-9-10-11-13-16-21(6)23(24-19(2)3,25-20(4)5)22-17-14-12-15-18-22/h12,14-15,17-21H,7-11,13,16H2,1-6H3. The molecule has 0 heterocycles. The second kappa shape index (κ2) is 11.7. The molecular formula is C23H40O2. The van der Waals surface area contributed by atoms with Gasteiger partial charge in [-0.25, -0.2) is 0 Å². The third-order valence-corrected chi connectivity index (χ3v) is 4.64. The zero-order valence-electron chi connectivity index (χ0n) is 17.4. The van der Waals surface area contributed by atoms with Gasteiger partial charge in [0.1, 0.15) is 0 Å². The first-order chi connectivity index (χ1) is 11.9. The van der Waals surface area contributed by atoms with Crippen LogP contribution in [0.3, 0.4) is 0 Å². The monoisotopic (exact) mass is 348 g/mol. The van der Waals surface area contributed by atoms with E-state index in [1.54, 1.807) is 0 Å². The summed E-state index contributed by atoms with van der Waals surface area (Å²) in [5, 5.41) is 0. The van der Waals surface area contributed by atoms with Crippen molar-refractivity contribution in [3.63, 3.8) is 0 Å². The Hall–Kier alpha value is -0.860. The third kappa shape index (κ3) is 7.50. The lowest BCUT2D eigenvalue weighted by molar-refractivity contribution is -0.305.